The van der Waals surface area contributed by atoms with E-state index in [-0.39, 0.29) is 0 Å². The van der Waals surface area contributed by atoms with Gasteiger partial charge in [-0.05, 0) is 61.6 Å². The number of hydrogen-bond donors (Lipinski definition) is 0. The van der Waals surface area contributed by atoms with Gasteiger partial charge in [-0.25, -0.2) is 0 Å². The van der Waals surface area contributed by atoms with Crippen LogP contribution in [0.25, 0.3) is 11.3 Å². The normalized spacial score (nSPS) is 11.0. The highest BCUT2D eigenvalue weighted by Gasteiger charge is 2.02. The van der Waals surface area contributed by atoms with E-state index in [4.69, 9.17) is 9.47 Å². The van der Waals surface area contributed by atoms with Crippen LogP contribution in [-0.2, 0) is 11.2 Å². The molecule has 0 fully saturated rings. The predicted molar refractivity (Wildman–Crippen MR) is 123 cm³/mol. The Morgan fingerprint density at radius 1 is 0.690 bits per heavy atom. The fourth-order valence-corrected chi connectivity index (χ4v) is 3.30. The van der Waals surface area contributed by atoms with Gasteiger partial charge in [-0.2, -0.15) is 0 Å². The van der Waals surface area contributed by atoms with Gasteiger partial charge >= 0.3 is 0 Å². The molecule has 0 spiro atoms. The fourth-order valence-electron chi connectivity index (χ4n) is 3.30. The molecule has 0 saturated carbocycles. The lowest BCUT2D eigenvalue weighted by Gasteiger charge is -2.08. The summed E-state index contributed by atoms with van der Waals surface area (Å²) < 4.78 is 11.5. The second-order valence-corrected chi connectivity index (χ2v) is 7.76. The Hall–Kier alpha value is -1.87. The Labute approximate surface area is 177 Å². The zero-order valence-electron chi connectivity index (χ0n) is 18.5. The lowest BCUT2D eigenvalue weighted by molar-refractivity contribution is 0.128. The summed E-state index contributed by atoms with van der Waals surface area (Å²) >= 11 is 0. The number of hydrogen-bond acceptors (Lipinski definition) is 3. The molecule has 2 aromatic rings. The molecule has 0 aliphatic rings. The van der Waals surface area contributed by atoms with Crippen LogP contribution in [0.1, 0.15) is 77.2 Å². The van der Waals surface area contributed by atoms with Crippen LogP contribution >= 0.6 is 0 Å². The third kappa shape index (κ3) is 9.94. The maximum Gasteiger partial charge on any atom is 0.119 e. The highest BCUT2D eigenvalue weighted by Crippen LogP contribution is 2.21. The number of pyridine rings is 1. The van der Waals surface area contributed by atoms with Gasteiger partial charge in [-0.15, -0.1) is 0 Å². The average Bonchev–Trinajstić information content (AvgIpc) is 2.76. The molecular weight excluding hydrogens is 358 g/mol. The van der Waals surface area contributed by atoms with Gasteiger partial charge in [0.25, 0.3) is 0 Å². The molecule has 0 aliphatic heterocycles. The lowest BCUT2D eigenvalue weighted by atomic mass is 10.1. The van der Waals surface area contributed by atoms with E-state index in [9.17, 15) is 0 Å². The molecule has 0 aliphatic carbocycles. The van der Waals surface area contributed by atoms with Crippen molar-refractivity contribution in [3.8, 4) is 17.0 Å². The van der Waals surface area contributed by atoms with Crippen LogP contribution in [0, 0.1) is 0 Å². The zero-order chi connectivity index (χ0) is 20.6. The molecule has 3 nitrogen and oxygen atoms in total. The highest BCUT2D eigenvalue weighted by atomic mass is 16.5. The molecule has 1 aromatic carbocycles. The number of nitrogens with zero attached hydrogens (tertiary/aromatic N) is 1. The number of unbranched alkanes of at least 4 members (excludes halogenated alkanes) is 6. The van der Waals surface area contributed by atoms with Crippen LogP contribution in [0.4, 0.5) is 0 Å². The predicted octanol–water partition coefficient (Wildman–Crippen LogP) is 7.24. The molecule has 0 atom stereocenters. The van der Waals surface area contributed by atoms with Crippen LogP contribution in [0.2, 0.25) is 0 Å². The molecule has 29 heavy (non-hydrogen) atoms. The van der Waals surface area contributed by atoms with E-state index < -0.39 is 0 Å². The largest absolute Gasteiger partial charge is 0.494 e. The first-order valence-electron chi connectivity index (χ1n) is 11.6. The van der Waals surface area contributed by atoms with Gasteiger partial charge in [0, 0.05) is 25.0 Å². The molecule has 0 bridgehead atoms. The molecular formula is C26H39NO2. The average molecular weight is 398 g/mol. The van der Waals surface area contributed by atoms with Crippen LogP contribution in [0.5, 0.6) is 5.75 Å². The van der Waals surface area contributed by atoms with Crippen LogP contribution < -0.4 is 4.74 Å². The molecule has 0 amide bonds. The summed E-state index contributed by atoms with van der Waals surface area (Å²) in [5.74, 6) is 0.944. The summed E-state index contributed by atoms with van der Waals surface area (Å²) in [6, 6.07) is 12.6. The molecule has 0 saturated heterocycles. The van der Waals surface area contributed by atoms with Crippen LogP contribution in [0.3, 0.4) is 0 Å². The van der Waals surface area contributed by atoms with Crippen molar-refractivity contribution < 1.29 is 9.47 Å². The first-order valence-corrected chi connectivity index (χ1v) is 11.6. The summed E-state index contributed by atoms with van der Waals surface area (Å²) in [6.07, 6.45) is 14.1. The third-order valence-electron chi connectivity index (χ3n) is 5.14. The van der Waals surface area contributed by atoms with Crippen molar-refractivity contribution in [2.45, 2.75) is 78.1 Å². The Kier molecular flexibility index (Phi) is 12.1. The Bertz CT molecular complexity index is 637. The third-order valence-corrected chi connectivity index (χ3v) is 5.14. The van der Waals surface area contributed by atoms with Crippen molar-refractivity contribution in [1.82, 2.24) is 4.98 Å². The van der Waals surface area contributed by atoms with Crippen molar-refractivity contribution in [2.75, 3.05) is 19.8 Å². The summed E-state index contributed by atoms with van der Waals surface area (Å²) in [5.41, 5.74) is 3.41. The SMILES string of the molecule is CCCCCCCOc1ccc(-c2ccc(CCCOCCCCC)cn2)cc1. The smallest absolute Gasteiger partial charge is 0.119 e. The zero-order valence-corrected chi connectivity index (χ0v) is 18.5. The van der Waals surface area contributed by atoms with Crippen molar-refractivity contribution in [2.24, 2.45) is 0 Å². The number of aromatic nitrogens is 1. The van der Waals surface area contributed by atoms with E-state index in [0.717, 1.165) is 56.1 Å². The highest BCUT2D eigenvalue weighted by molar-refractivity contribution is 5.60. The summed E-state index contributed by atoms with van der Waals surface area (Å²) in [4.78, 5) is 4.64. The van der Waals surface area contributed by atoms with Gasteiger partial charge in [-0.3, -0.25) is 4.98 Å². The minimum atomic E-state index is 0.804. The first-order chi connectivity index (χ1) is 14.3. The maximum absolute atomic E-state index is 5.85. The molecule has 1 heterocycles. The minimum absolute atomic E-state index is 0.804. The molecule has 0 unspecified atom stereocenters. The van der Waals surface area contributed by atoms with Crippen molar-refractivity contribution in [3.05, 3.63) is 48.2 Å². The van der Waals surface area contributed by atoms with Gasteiger partial charge in [0.1, 0.15) is 5.75 Å². The van der Waals surface area contributed by atoms with Crippen molar-refractivity contribution >= 4 is 0 Å². The van der Waals surface area contributed by atoms with E-state index >= 15 is 0 Å². The molecule has 0 N–H and O–H groups in total. The van der Waals surface area contributed by atoms with E-state index in [2.05, 4.69) is 43.1 Å². The number of aryl methyl sites for hydroxylation is 1. The minimum Gasteiger partial charge on any atom is -0.494 e. The van der Waals surface area contributed by atoms with Gasteiger partial charge in [0.15, 0.2) is 0 Å². The molecule has 160 valence electrons. The topological polar surface area (TPSA) is 31.4 Å². The van der Waals surface area contributed by atoms with Gasteiger partial charge in [-0.1, -0.05) is 58.4 Å². The molecule has 0 radical (unpaired) electrons. The van der Waals surface area contributed by atoms with E-state index in [1.807, 2.05) is 18.3 Å². The van der Waals surface area contributed by atoms with Gasteiger partial charge < -0.3 is 9.47 Å². The van der Waals surface area contributed by atoms with Crippen LogP contribution in [0.15, 0.2) is 42.6 Å². The number of benzene rings is 1. The second-order valence-electron chi connectivity index (χ2n) is 7.76. The summed E-state index contributed by atoms with van der Waals surface area (Å²) in [7, 11) is 0. The number of ether oxygens (including phenoxy) is 2. The first kappa shape index (κ1) is 23.4. The number of rotatable bonds is 16. The van der Waals surface area contributed by atoms with Gasteiger partial charge in [0.2, 0.25) is 0 Å². The van der Waals surface area contributed by atoms with E-state index in [0.29, 0.717) is 0 Å². The summed E-state index contributed by atoms with van der Waals surface area (Å²) in [5, 5.41) is 0. The van der Waals surface area contributed by atoms with E-state index in [1.54, 1.807) is 0 Å². The molecule has 2 rings (SSSR count). The van der Waals surface area contributed by atoms with Gasteiger partial charge in [0.05, 0.1) is 12.3 Å². The lowest BCUT2D eigenvalue weighted by Crippen LogP contribution is -1.99. The molecule has 3 heteroatoms. The van der Waals surface area contributed by atoms with Crippen molar-refractivity contribution in [3.63, 3.8) is 0 Å². The van der Waals surface area contributed by atoms with E-state index in [1.165, 1.54) is 50.5 Å². The monoisotopic (exact) mass is 397 g/mol. The Morgan fingerprint density at radius 2 is 1.38 bits per heavy atom. The van der Waals surface area contributed by atoms with Crippen LogP contribution in [-0.4, -0.2) is 24.8 Å². The second kappa shape index (κ2) is 15.0. The maximum atomic E-state index is 5.85. The quantitative estimate of drug-likeness (QED) is 0.280. The standard InChI is InChI=1S/C26H39NO2/c1-3-5-7-8-10-21-29-25-16-14-24(15-17-25)26-18-13-23(22-27-26)12-11-20-28-19-9-6-4-2/h13-18,22H,3-12,19-21H2,1-2H3. The Morgan fingerprint density at radius 3 is 2.10 bits per heavy atom. The Balaban J connectivity index is 1.68. The fraction of sp³-hybridized carbons (Fsp3) is 0.577. The molecule has 1 aromatic heterocycles. The van der Waals surface area contributed by atoms with Crippen molar-refractivity contribution in [1.29, 1.82) is 0 Å². The summed E-state index contributed by atoms with van der Waals surface area (Å²) in [6.45, 7) is 6.99.